The molecule has 1 heterocycles. The summed E-state index contributed by atoms with van der Waals surface area (Å²) < 4.78 is 5.02. The lowest BCUT2D eigenvalue weighted by atomic mass is 10.1. The standard InChI is InChI=1S/C21H21N3O5/c1-14-6-5-7-15(10-14)20(27)23-24-12-16(11-19(24)26)21(28)29-13-18(25)22-17-8-3-2-4-9-17/h2-10,16H,11-13H2,1H3,(H,22,25)(H,23,27)/t16-/m1/s1. The van der Waals surface area contributed by atoms with Crippen LogP contribution < -0.4 is 10.7 Å². The molecule has 1 aliphatic heterocycles. The Morgan fingerprint density at radius 3 is 2.59 bits per heavy atom. The highest BCUT2D eigenvalue weighted by Crippen LogP contribution is 2.18. The maximum Gasteiger partial charge on any atom is 0.311 e. The largest absolute Gasteiger partial charge is 0.455 e. The highest BCUT2D eigenvalue weighted by molar-refractivity contribution is 5.97. The maximum atomic E-state index is 12.3. The van der Waals surface area contributed by atoms with Gasteiger partial charge in [0, 0.05) is 17.7 Å². The number of nitrogens with one attached hydrogen (secondary N) is 2. The summed E-state index contributed by atoms with van der Waals surface area (Å²) in [5.41, 5.74) is 4.44. The Morgan fingerprint density at radius 2 is 1.86 bits per heavy atom. The number of aryl methyl sites for hydroxylation is 1. The second-order valence-electron chi connectivity index (χ2n) is 6.74. The highest BCUT2D eigenvalue weighted by Gasteiger charge is 2.36. The molecule has 2 N–H and O–H groups in total. The quantitative estimate of drug-likeness (QED) is 0.724. The number of anilines is 1. The molecule has 3 amide bonds. The minimum atomic E-state index is -0.746. The molecule has 2 aromatic carbocycles. The number of esters is 1. The number of benzene rings is 2. The molecule has 0 spiro atoms. The van der Waals surface area contributed by atoms with E-state index in [0.717, 1.165) is 10.6 Å². The van der Waals surface area contributed by atoms with E-state index in [9.17, 15) is 19.2 Å². The number of hydrogen-bond donors (Lipinski definition) is 2. The molecule has 0 saturated carbocycles. The van der Waals surface area contributed by atoms with E-state index in [1.165, 1.54) is 0 Å². The van der Waals surface area contributed by atoms with Gasteiger partial charge in [-0.25, -0.2) is 0 Å². The van der Waals surface area contributed by atoms with Crippen LogP contribution in [0.15, 0.2) is 54.6 Å². The van der Waals surface area contributed by atoms with Gasteiger partial charge in [-0.15, -0.1) is 0 Å². The molecule has 1 aliphatic rings. The molecular weight excluding hydrogens is 374 g/mol. The van der Waals surface area contributed by atoms with Gasteiger partial charge in [0.2, 0.25) is 5.91 Å². The number of para-hydroxylation sites is 1. The fourth-order valence-corrected chi connectivity index (χ4v) is 2.92. The van der Waals surface area contributed by atoms with Gasteiger partial charge in [-0.1, -0.05) is 35.9 Å². The van der Waals surface area contributed by atoms with Gasteiger partial charge in [0.1, 0.15) is 0 Å². The van der Waals surface area contributed by atoms with E-state index in [1.807, 2.05) is 19.1 Å². The van der Waals surface area contributed by atoms with Crippen LogP contribution in [0.5, 0.6) is 0 Å². The molecule has 0 radical (unpaired) electrons. The van der Waals surface area contributed by atoms with Crippen LogP contribution in [-0.4, -0.2) is 41.9 Å². The van der Waals surface area contributed by atoms with Crippen LogP contribution >= 0.6 is 0 Å². The summed E-state index contributed by atoms with van der Waals surface area (Å²) >= 11 is 0. The Kier molecular flexibility index (Phi) is 6.23. The van der Waals surface area contributed by atoms with Crippen molar-refractivity contribution < 1.29 is 23.9 Å². The summed E-state index contributed by atoms with van der Waals surface area (Å²) in [7, 11) is 0. The molecule has 1 saturated heterocycles. The van der Waals surface area contributed by atoms with E-state index in [1.54, 1.807) is 42.5 Å². The average Bonchev–Trinajstić information content (AvgIpc) is 3.07. The van der Waals surface area contributed by atoms with E-state index in [-0.39, 0.29) is 18.9 Å². The highest BCUT2D eigenvalue weighted by atomic mass is 16.5. The molecule has 29 heavy (non-hydrogen) atoms. The van der Waals surface area contributed by atoms with Crippen LogP contribution in [0.4, 0.5) is 5.69 Å². The second kappa shape index (κ2) is 9.01. The number of ether oxygens (including phenoxy) is 1. The van der Waals surface area contributed by atoms with Gasteiger partial charge in [-0.2, -0.15) is 0 Å². The molecular formula is C21H21N3O5. The third kappa shape index (κ3) is 5.41. The number of nitrogens with zero attached hydrogens (tertiary/aromatic N) is 1. The predicted octanol–water partition coefficient (Wildman–Crippen LogP) is 1.67. The van der Waals surface area contributed by atoms with Crippen LogP contribution in [0.3, 0.4) is 0 Å². The zero-order valence-corrected chi connectivity index (χ0v) is 15.9. The molecule has 0 bridgehead atoms. The summed E-state index contributed by atoms with van der Waals surface area (Å²) in [6.45, 7) is 1.40. The lowest BCUT2D eigenvalue weighted by Gasteiger charge is -2.17. The van der Waals surface area contributed by atoms with Gasteiger partial charge in [-0.3, -0.25) is 29.6 Å². The third-order valence-corrected chi connectivity index (χ3v) is 4.38. The summed E-state index contributed by atoms with van der Waals surface area (Å²) in [5, 5.41) is 3.72. The summed E-state index contributed by atoms with van der Waals surface area (Å²) in [6.07, 6.45) is -0.0900. The van der Waals surface area contributed by atoms with Gasteiger partial charge in [0.05, 0.1) is 12.5 Å². The van der Waals surface area contributed by atoms with Crippen molar-refractivity contribution in [2.75, 3.05) is 18.5 Å². The fourth-order valence-electron chi connectivity index (χ4n) is 2.92. The summed E-state index contributed by atoms with van der Waals surface area (Å²) in [6, 6.07) is 15.7. The van der Waals surface area contributed by atoms with E-state index in [2.05, 4.69) is 10.7 Å². The van der Waals surface area contributed by atoms with Crippen molar-refractivity contribution in [1.29, 1.82) is 0 Å². The maximum absolute atomic E-state index is 12.3. The van der Waals surface area contributed by atoms with Gasteiger partial charge in [-0.05, 0) is 31.2 Å². The van der Waals surface area contributed by atoms with Crippen molar-refractivity contribution in [3.63, 3.8) is 0 Å². The van der Waals surface area contributed by atoms with Crippen molar-refractivity contribution in [1.82, 2.24) is 10.4 Å². The topological polar surface area (TPSA) is 105 Å². The molecule has 0 aliphatic carbocycles. The smallest absolute Gasteiger partial charge is 0.311 e. The molecule has 8 heteroatoms. The number of hydrogen-bond acceptors (Lipinski definition) is 5. The van der Waals surface area contributed by atoms with Crippen molar-refractivity contribution in [3.05, 3.63) is 65.7 Å². The van der Waals surface area contributed by atoms with Gasteiger partial charge < -0.3 is 10.1 Å². The third-order valence-electron chi connectivity index (χ3n) is 4.38. The SMILES string of the molecule is Cc1cccc(C(=O)NN2C[C@H](C(=O)OCC(=O)Nc3ccccc3)CC2=O)c1. The Morgan fingerprint density at radius 1 is 1.10 bits per heavy atom. The van der Waals surface area contributed by atoms with E-state index < -0.39 is 30.3 Å². The van der Waals surface area contributed by atoms with E-state index in [4.69, 9.17) is 4.74 Å². The molecule has 0 aromatic heterocycles. The van der Waals surface area contributed by atoms with Crippen LogP contribution in [0, 0.1) is 12.8 Å². The van der Waals surface area contributed by atoms with Crippen molar-refractivity contribution in [3.8, 4) is 0 Å². The van der Waals surface area contributed by atoms with Crippen molar-refractivity contribution in [2.24, 2.45) is 5.92 Å². The van der Waals surface area contributed by atoms with Crippen LogP contribution in [0.2, 0.25) is 0 Å². The zero-order chi connectivity index (χ0) is 20.8. The van der Waals surface area contributed by atoms with Crippen molar-refractivity contribution >= 4 is 29.4 Å². The minimum Gasteiger partial charge on any atom is -0.455 e. The molecule has 1 fully saturated rings. The Hall–Kier alpha value is -3.68. The van der Waals surface area contributed by atoms with Gasteiger partial charge in [0.25, 0.3) is 11.8 Å². The zero-order valence-electron chi connectivity index (χ0n) is 15.9. The average molecular weight is 395 g/mol. The number of amides is 3. The van der Waals surface area contributed by atoms with Crippen LogP contribution in [-0.2, 0) is 19.1 Å². The normalized spacial score (nSPS) is 15.7. The molecule has 3 rings (SSSR count). The first-order chi connectivity index (χ1) is 13.9. The predicted molar refractivity (Wildman–Crippen MR) is 104 cm³/mol. The van der Waals surface area contributed by atoms with E-state index >= 15 is 0 Å². The Labute approximate surface area is 167 Å². The monoisotopic (exact) mass is 395 g/mol. The first-order valence-corrected chi connectivity index (χ1v) is 9.12. The van der Waals surface area contributed by atoms with Crippen molar-refractivity contribution in [2.45, 2.75) is 13.3 Å². The second-order valence-corrected chi connectivity index (χ2v) is 6.74. The van der Waals surface area contributed by atoms with Gasteiger partial charge in [0.15, 0.2) is 6.61 Å². The van der Waals surface area contributed by atoms with Gasteiger partial charge >= 0.3 is 5.97 Å². The molecule has 0 unspecified atom stereocenters. The van der Waals surface area contributed by atoms with Crippen LogP contribution in [0.25, 0.3) is 0 Å². The molecule has 150 valence electrons. The molecule has 2 aromatic rings. The summed E-state index contributed by atoms with van der Waals surface area (Å²) in [5.74, 6) is -2.70. The number of rotatable bonds is 6. The minimum absolute atomic E-state index is 0.00444. The van der Waals surface area contributed by atoms with Crippen LogP contribution in [0.1, 0.15) is 22.3 Å². The number of carbonyl (C=O) groups is 4. The molecule has 1 atom stereocenters. The lowest BCUT2D eigenvalue weighted by molar-refractivity contribution is -0.151. The Balaban J connectivity index is 1.48. The molecule has 8 nitrogen and oxygen atoms in total. The summed E-state index contributed by atoms with van der Waals surface area (Å²) in [4.78, 5) is 48.5. The first kappa shape index (κ1) is 20.1. The fraction of sp³-hybridized carbons (Fsp3) is 0.238. The first-order valence-electron chi connectivity index (χ1n) is 9.12. The lowest BCUT2D eigenvalue weighted by Crippen LogP contribution is -2.43. The van der Waals surface area contributed by atoms with E-state index in [0.29, 0.717) is 11.3 Å². The Bertz CT molecular complexity index is 929. The number of carbonyl (C=O) groups excluding carboxylic acids is 4. The number of hydrazine groups is 1.